The Bertz CT molecular complexity index is 545. The molecule has 118 valence electrons. The monoisotopic (exact) mass is 313 g/mol. The highest BCUT2D eigenvalue weighted by Crippen LogP contribution is 2.21. The van der Waals surface area contributed by atoms with Crippen LogP contribution in [-0.4, -0.2) is 43.5 Å². The first-order valence-electron chi connectivity index (χ1n) is 7.34. The van der Waals surface area contributed by atoms with E-state index in [9.17, 15) is 8.42 Å². The first kappa shape index (κ1) is 16.4. The molecule has 0 spiro atoms. The molecule has 1 aromatic heterocycles. The maximum absolute atomic E-state index is 12.6. The van der Waals surface area contributed by atoms with Crippen molar-refractivity contribution in [3.8, 4) is 0 Å². The van der Waals surface area contributed by atoms with Crippen LogP contribution in [0.25, 0.3) is 0 Å². The average molecular weight is 313 g/mol. The molecule has 1 aromatic rings. The van der Waals surface area contributed by atoms with E-state index in [0.29, 0.717) is 26.2 Å². The minimum atomic E-state index is -3.54. The van der Waals surface area contributed by atoms with Gasteiger partial charge < -0.3 is 10.5 Å². The summed E-state index contributed by atoms with van der Waals surface area (Å²) in [5, 5.41) is 0.0795. The Balaban J connectivity index is 2.10. The Labute approximate surface area is 126 Å². The fourth-order valence-corrected chi connectivity index (χ4v) is 3.78. The molecule has 0 aliphatic carbocycles. The maximum Gasteiger partial charge on any atom is 0.260 e. The van der Waals surface area contributed by atoms with Gasteiger partial charge in [0.05, 0.1) is 6.10 Å². The third-order valence-electron chi connectivity index (χ3n) is 3.54. The number of hydrogen-bond donors (Lipinski definition) is 1. The van der Waals surface area contributed by atoms with Crippen LogP contribution in [0.5, 0.6) is 0 Å². The maximum atomic E-state index is 12.6. The van der Waals surface area contributed by atoms with Crippen molar-refractivity contribution in [1.82, 2.24) is 9.29 Å². The first-order valence-corrected chi connectivity index (χ1v) is 8.78. The van der Waals surface area contributed by atoms with Gasteiger partial charge in [-0.1, -0.05) is 13.0 Å². The van der Waals surface area contributed by atoms with E-state index in [0.717, 1.165) is 24.8 Å². The highest BCUT2D eigenvalue weighted by molar-refractivity contribution is 7.89. The van der Waals surface area contributed by atoms with Crippen LogP contribution in [0.4, 0.5) is 0 Å². The van der Waals surface area contributed by atoms with Crippen LogP contribution in [-0.2, 0) is 21.3 Å². The molecule has 6 nitrogen and oxygen atoms in total. The Morgan fingerprint density at radius 3 is 2.90 bits per heavy atom. The van der Waals surface area contributed by atoms with Crippen LogP contribution in [0.1, 0.15) is 31.7 Å². The molecule has 7 heteroatoms. The van der Waals surface area contributed by atoms with Gasteiger partial charge in [0.25, 0.3) is 10.0 Å². The molecule has 2 N–H and O–H groups in total. The lowest BCUT2D eigenvalue weighted by Gasteiger charge is -2.31. The van der Waals surface area contributed by atoms with Gasteiger partial charge >= 0.3 is 0 Å². The van der Waals surface area contributed by atoms with Crippen LogP contribution in [0.15, 0.2) is 23.4 Å². The van der Waals surface area contributed by atoms with Crippen molar-refractivity contribution in [2.24, 2.45) is 5.73 Å². The summed E-state index contributed by atoms with van der Waals surface area (Å²) in [7, 11) is -3.54. The smallest absolute Gasteiger partial charge is 0.260 e. The summed E-state index contributed by atoms with van der Waals surface area (Å²) in [5.41, 5.74) is 6.32. The van der Waals surface area contributed by atoms with Gasteiger partial charge in [0, 0.05) is 32.4 Å². The van der Waals surface area contributed by atoms with E-state index in [1.165, 1.54) is 16.6 Å². The van der Waals surface area contributed by atoms with E-state index in [1.54, 1.807) is 6.07 Å². The lowest BCUT2D eigenvalue weighted by Crippen LogP contribution is -2.43. The standard InChI is InChI=1S/C14H23N3O3S/c1-2-8-20-13-4-3-7-17(11-13)21(18,19)14-6-5-12(9-15)10-16-14/h5-6,10,13H,2-4,7-9,11,15H2,1H3. The molecule has 2 rings (SSSR count). The second-order valence-corrected chi connectivity index (χ2v) is 7.09. The van der Waals surface area contributed by atoms with E-state index < -0.39 is 10.0 Å². The van der Waals surface area contributed by atoms with Gasteiger partial charge in [0.1, 0.15) is 0 Å². The number of piperidine rings is 1. The first-order chi connectivity index (χ1) is 10.1. The zero-order valence-corrected chi connectivity index (χ0v) is 13.2. The minimum Gasteiger partial charge on any atom is -0.377 e. The Kier molecular flexibility index (Phi) is 5.69. The average Bonchev–Trinajstić information content (AvgIpc) is 2.53. The van der Waals surface area contributed by atoms with Gasteiger partial charge in [0.15, 0.2) is 5.03 Å². The van der Waals surface area contributed by atoms with Crippen molar-refractivity contribution in [3.05, 3.63) is 23.9 Å². The molecule has 1 fully saturated rings. The number of aromatic nitrogens is 1. The molecular weight excluding hydrogens is 290 g/mol. The van der Waals surface area contributed by atoms with Gasteiger partial charge in [-0.3, -0.25) is 0 Å². The van der Waals surface area contributed by atoms with Crippen LogP contribution in [0.3, 0.4) is 0 Å². The zero-order chi connectivity index (χ0) is 15.3. The predicted octanol–water partition coefficient (Wildman–Crippen LogP) is 1.12. The molecule has 1 aliphatic heterocycles. The number of nitrogens with zero attached hydrogens (tertiary/aromatic N) is 2. The van der Waals surface area contributed by atoms with Crippen LogP contribution in [0.2, 0.25) is 0 Å². The molecule has 0 saturated carbocycles. The molecule has 21 heavy (non-hydrogen) atoms. The van der Waals surface area contributed by atoms with Crippen molar-refractivity contribution in [2.75, 3.05) is 19.7 Å². The Morgan fingerprint density at radius 2 is 2.29 bits per heavy atom. The van der Waals surface area contributed by atoms with Crippen LogP contribution >= 0.6 is 0 Å². The lowest BCUT2D eigenvalue weighted by atomic mass is 10.1. The lowest BCUT2D eigenvalue weighted by molar-refractivity contribution is 0.0193. The molecular formula is C14H23N3O3S. The molecule has 0 amide bonds. The SMILES string of the molecule is CCCOC1CCCN(S(=O)(=O)c2ccc(CN)cn2)C1. The predicted molar refractivity (Wildman–Crippen MR) is 80.2 cm³/mol. The summed E-state index contributed by atoms with van der Waals surface area (Å²) >= 11 is 0. The van der Waals surface area contributed by atoms with Gasteiger partial charge in [-0.25, -0.2) is 13.4 Å². The molecule has 0 aromatic carbocycles. The Hall–Kier alpha value is -1.02. The number of ether oxygens (including phenoxy) is 1. The van der Waals surface area contributed by atoms with E-state index >= 15 is 0 Å². The molecule has 0 bridgehead atoms. The van der Waals surface area contributed by atoms with Crippen LogP contribution < -0.4 is 5.73 Å². The van der Waals surface area contributed by atoms with E-state index in [2.05, 4.69) is 4.98 Å². The van der Waals surface area contributed by atoms with E-state index in [4.69, 9.17) is 10.5 Å². The molecule has 1 saturated heterocycles. The summed E-state index contributed by atoms with van der Waals surface area (Å²) in [6.07, 6.45) is 4.16. The van der Waals surface area contributed by atoms with Crippen molar-refractivity contribution < 1.29 is 13.2 Å². The van der Waals surface area contributed by atoms with E-state index in [1.807, 2.05) is 6.92 Å². The number of pyridine rings is 1. The summed E-state index contributed by atoms with van der Waals surface area (Å²) in [5.74, 6) is 0. The largest absolute Gasteiger partial charge is 0.377 e. The summed E-state index contributed by atoms with van der Waals surface area (Å²) in [6, 6.07) is 3.23. The van der Waals surface area contributed by atoms with Gasteiger partial charge in [-0.2, -0.15) is 4.31 Å². The topological polar surface area (TPSA) is 85.5 Å². The highest BCUT2D eigenvalue weighted by atomic mass is 32.2. The molecule has 2 heterocycles. The third kappa shape index (κ3) is 4.00. The number of hydrogen-bond acceptors (Lipinski definition) is 5. The minimum absolute atomic E-state index is 0.0169. The summed E-state index contributed by atoms with van der Waals surface area (Å²) < 4.78 is 32.3. The molecule has 1 atom stereocenters. The Morgan fingerprint density at radius 1 is 1.48 bits per heavy atom. The quantitative estimate of drug-likeness (QED) is 0.850. The van der Waals surface area contributed by atoms with Crippen molar-refractivity contribution >= 4 is 10.0 Å². The molecule has 1 aliphatic rings. The number of nitrogens with two attached hydrogens (primary N) is 1. The normalized spacial score (nSPS) is 20.6. The van der Waals surface area contributed by atoms with Crippen LogP contribution in [0, 0.1) is 0 Å². The van der Waals surface area contributed by atoms with Crippen molar-refractivity contribution in [3.63, 3.8) is 0 Å². The second kappa shape index (κ2) is 7.31. The fourth-order valence-electron chi connectivity index (χ4n) is 2.36. The van der Waals surface area contributed by atoms with Crippen molar-refractivity contribution in [2.45, 2.75) is 43.9 Å². The van der Waals surface area contributed by atoms with Crippen molar-refractivity contribution in [1.29, 1.82) is 0 Å². The molecule has 0 radical (unpaired) electrons. The second-order valence-electron chi connectivity index (χ2n) is 5.21. The summed E-state index contributed by atoms with van der Waals surface area (Å²) in [6.45, 7) is 3.99. The van der Waals surface area contributed by atoms with Gasteiger partial charge in [0.2, 0.25) is 0 Å². The number of rotatable bonds is 6. The highest BCUT2D eigenvalue weighted by Gasteiger charge is 2.31. The molecule has 1 unspecified atom stereocenters. The fraction of sp³-hybridized carbons (Fsp3) is 0.643. The zero-order valence-electron chi connectivity index (χ0n) is 12.4. The van der Waals surface area contributed by atoms with E-state index in [-0.39, 0.29) is 11.1 Å². The van der Waals surface area contributed by atoms with Gasteiger partial charge in [-0.15, -0.1) is 0 Å². The third-order valence-corrected chi connectivity index (χ3v) is 5.32. The summed E-state index contributed by atoms with van der Waals surface area (Å²) in [4.78, 5) is 4.03. The number of sulfonamides is 1. The van der Waals surface area contributed by atoms with Gasteiger partial charge in [-0.05, 0) is 30.9 Å².